The van der Waals surface area contributed by atoms with E-state index in [0.717, 1.165) is 5.56 Å². The van der Waals surface area contributed by atoms with Crippen LogP contribution >= 0.6 is 0 Å². The van der Waals surface area contributed by atoms with Crippen molar-refractivity contribution in [2.75, 3.05) is 0 Å². The van der Waals surface area contributed by atoms with Crippen molar-refractivity contribution < 1.29 is 13.3 Å². The maximum Gasteiger partial charge on any atom is 0.441 e. The van der Waals surface area contributed by atoms with Gasteiger partial charge >= 0.3 is 5.76 Å². The fourth-order valence-corrected chi connectivity index (χ4v) is 2.05. The largest absolute Gasteiger partial charge is 0.441 e. The predicted octanol–water partition coefficient (Wildman–Crippen LogP) is 2.15. The minimum Gasteiger partial charge on any atom is -0.296 e. The Labute approximate surface area is 123 Å². The standard InChI is InChI=1S/C15H11F2N3O2/c16-11-5-3-10(4-6-11)8-14-19-22-15(21)20(14)9-13-12(17)2-1-7-18-13/h1-7H,8-9H2. The normalized spacial score (nSPS) is 10.8. The van der Waals surface area contributed by atoms with E-state index in [2.05, 4.69) is 14.7 Å². The van der Waals surface area contributed by atoms with Gasteiger partial charge in [-0.15, -0.1) is 0 Å². The van der Waals surface area contributed by atoms with E-state index in [1.54, 1.807) is 12.1 Å². The Morgan fingerprint density at radius 2 is 1.91 bits per heavy atom. The monoisotopic (exact) mass is 303 g/mol. The maximum absolute atomic E-state index is 13.6. The van der Waals surface area contributed by atoms with Gasteiger partial charge in [-0.05, 0) is 29.8 Å². The molecule has 0 fully saturated rings. The van der Waals surface area contributed by atoms with Gasteiger partial charge < -0.3 is 0 Å². The molecule has 2 heterocycles. The summed E-state index contributed by atoms with van der Waals surface area (Å²) in [7, 11) is 0. The summed E-state index contributed by atoms with van der Waals surface area (Å²) in [5.41, 5.74) is 0.873. The predicted molar refractivity (Wildman–Crippen MR) is 73.3 cm³/mol. The molecule has 112 valence electrons. The van der Waals surface area contributed by atoms with Gasteiger partial charge in [0, 0.05) is 12.6 Å². The number of hydrogen-bond acceptors (Lipinski definition) is 4. The van der Waals surface area contributed by atoms with E-state index in [9.17, 15) is 13.6 Å². The van der Waals surface area contributed by atoms with Crippen LogP contribution in [0.25, 0.3) is 0 Å². The van der Waals surface area contributed by atoms with Crippen molar-refractivity contribution in [3.05, 3.63) is 81.9 Å². The van der Waals surface area contributed by atoms with Crippen molar-refractivity contribution >= 4 is 0 Å². The Bertz CT molecular complexity index is 840. The summed E-state index contributed by atoms with van der Waals surface area (Å²) >= 11 is 0. The average molecular weight is 303 g/mol. The molecule has 0 unspecified atom stereocenters. The summed E-state index contributed by atoms with van der Waals surface area (Å²) in [6.07, 6.45) is 1.71. The van der Waals surface area contributed by atoms with Gasteiger partial charge in [0.2, 0.25) is 0 Å². The lowest BCUT2D eigenvalue weighted by Crippen LogP contribution is -2.19. The van der Waals surface area contributed by atoms with E-state index in [0.29, 0.717) is 5.82 Å². The highest BCUT2D eigenvalue weighted by molar-refractivity contribution is 5.20. The van der Waals surface area contributed by atoms with Crippen LogP contribution in [0.15, 0.2) is 51.9 Å². The zero-order valence-electron chi connectivity index (χ0n) is 11.4. The Morgan fingerprint density at radius 3 is 2.64 bits per heavy atom. The minimum absolute atomic E-state index is 0.0778. The lowest BCUT2D eigenvalue weighted by atomic mass is 10.1. The highest BCUT2D eigenvalue weighted by atomic mass is 19.1. The molecule has 0 bridgehead atoms. The molecule has 0 saturated heterocycles. The summed E-state index contributed by atoms with van der Waals surface area (Å²) < 4.78 is 32.4. The van der Waals surface area contributed by atoms with Gasteiger partial charge in [-0.3, -0.25) is 14.1 Å². The van der Waals surface area contributed by atoms with Crippen molar-refractivity contribution in [3.63, 3.8) is 0 Å². The van der Waals surface area contributed by atoms with E-state index in [1.165, 1.54) is 35.0 Å². The van der Waals surface area contributed by atoms with E-state index >= 15 is 0 Å². The van der Waals surface area contributed by atoms with Crippen molar-refractivity contribution in [3.8, 4) is 0 Å². The zero-order chi connectivity index (χ0) is 15.5. The number of benzene rings is 1. The van der Waals surface area contributed by atoms with Gasteiger partial charge in [-0.25, -0.2) is 13.6 Å². The lowest BCUT2D eigenvalue weighted by molar-refractivity contribution is 0.374. The van der Waals surface area contributed by atoms with Crippen molar-refractivity contribution in [2.24, 2.45) is 0 Å². The molecule has 0 N–H and O–H groups in total. The van der Waals surface area contributed by atoms with Gasteiger partial charge in [0.1, 0.15) is 11.6 Å². The molecule has 2 aromatic heterocycles. The average Bonchev–Trinajstić information content (AvgIpc) is 2.85. The number of hydrogen-bond donors (Lipinski definition) is 0. The second-order valence-corrected chi connectivity index (χ2v) is 4.69. The van der Waals surface area contributed by atoms with Crippen LogP contribution in [0.4, 0.5) is 8.78 Å². The molecule has 0 amide bonds. The molecule has 3 rings (SSSR count). The van der Waals surface area contributed by atoms with Gasteiger partial charge in [0.25, 0.3) is 0 Å². The molecule has 0 radical (unpaired) electrons. The molecule has 3 aromatic rings. The molecule has 22 heavy (non-hydrogen) atoms. The summed E-state index contributed by atoms with van der Waals surface area (Å²) in [4.78, 5) is 15.6. The van der Waals surface area contributed by atoms with Crippen LogP contribution in [0.3, 0.4) is 0 Å². The molecular formula is C15H11F2N3O2. The Balaban J connectivity index is 1.89. The fourth-order valence-electron chi connectivity index (χ4n) is 2.05. The molecule has 0 saturated carbocycles. The first kappa shape index (κ1) is 14.1. The highest BCUT2D eigenvalue weighted by Crippen LogP contribution is 2.10. The van der Waals surface area contributed by atoms with E-state index < -0.39 is 11.6 Å². The van der Waals surface area contributed by atoms with Crippen LogP contribution in [0.2, 0.25) is 0 Å². The first-order valence-electron chi connectivity index (χ1n) is 6.53. The third kappa shape index (κ3) is 2.93. The molecule has 0 aliphatic heterocycles. The van der Waals surface area contributed by atoms with Crippen LogP contribution in [-0.4, -0.2) is 14.7 Å². The number of aromatic nitrogens is 3. The first-order valence-corrected chi connectivity index (χ1v) is 6.53. The van der Waals surface area contributed by atoms with Gasteiger partial charge in [-0.2, -0.15) is 0 Å². The quantitative estimate of drug-likeness (QED) is 0.741. The van der Waals surface area contributed by atoms with Crippen LogP contribution < -0.4 is 5.76 Å². The lowest BCUT2D eigenvalue weighted by Gasteiger charge is -2.05. The van der Waals surface area contributed by atoms with Crippen LogP contribution in [0.5, 0.6) is 0 Å². The topological polar surface area (TPSA) is 60.9 Å². The Kier molecular flexibility index (Phi) is 3.78. The summed E-state index contributed by atoms with van der Waals surface area (Å²) in [5, 5.41) is 3.69. The van der Waals surface area contributed by atoms with Gasteiger partial charge in [-0.1, -0.05) is 17.3 Å². The molecule has 0 atom stereocenters. The fraction of sp³-hybridized carbons (Fsp3) is 0.133. The van der Waals surface area contributed by atoms with E-state index in [1.807, 2.05) is 0 Å². The third-order valence-corrected chi connectivity index (χ3v) is 3.18. The van der Waals surface area contributed by atoms with Crippen molar-refractivity contribution in [1.29, 1.82) is 0 Å². The molecule has 0 aliphatic rings. The zero-order valence-corrected chi connectivity index (χ0v) is 11.4. The molecule has 0 spiro atoms. The third-order valence-electron chi connectivity index (χ3n) is 3.18. The number of pyridine rings is 1. The summed E-state index contributed by atoms with van der Waals surface area (Å²) in [6, 6.07) is 8.53. The van der Waals surface area contributed by atoms with Crippen LogP contribution in [0.1, 0.15) is 17.1 Å². The summed E-state index contributed by atoms with van der Waals surface area (Å²) in [5.74, 6) is -1.23. The molecular weight excluding hydrogens is 292 g/mol. The summed E-state index contributed by atoms with van der Waals surface area (Å²) in [6.45, 7) is -0.0778. The minimum atomic E-state index is -0.692. The van der Waals surface area contributed by atoms with Crippen molar-refractivity contribution in [2.45, 2.75) is 13.0 Å². The first-order chi connectivity index (χ1) is 10.6. The number of rotatable bonds is 4. The Hall–Kier alpha value is -2.83. The van der Waals surface area contributed by atoms with Crippen molar-refractivity contribution in [1.82, 2.24) is 14.7 Å². The van der Waals surface area contributed by atoms with Gasteiger partial charge in [0.05, 0.1) is 12.2 Å². The second-order valence-electron chi connectivity index (χ2n) is 4.69. The Morgan fingerprint density at radius 1 is 1.14 bits per heavy atom. The highest BCUT2D eigenvalue weighted by Gasteiger charge is 2.14. The van der Waals surface area contributed by atoms with Gasteiger partial charge in [0.15, 0.2) is 5.82 Å². The molecule has 5 nitrogen and oxygen atoms in total. The molecule has 1 aromatic carbocycles. The maximum atomic E-state index is 13.6. The van der Waals surface area contributed by atoms with Crippen LogP contribution in [-0.2, 0) is 13.0 Å². The smallest absolute Gasteiger partial charge is 0.296 e. The number of nitrogens with zero attached hydrogens (tertiary/aromatic N) is 3. The molecule has 7 heteroatoms. The SMILES string of the molecule is O=c1onc(Cc2ccc(F)cc2)n1Cc1ncccc1F. The van der Waals surface area contributed by atoms with E-state index in [4.69, 9.17) is 0 Å². The number of halogens is 2. The molecule has 0 aliphatic carbocycles. The van der Waals surface area contributed by atoms with Crippen LogP contribution in [0, 0.1) is 11.6 Å². The van der Waals surface area contributed by atoms with E-state index in [-0.39, 0.29) is 24.5 Å². The second kappa shape index (κ2) is 5.88.